The molecule has 2 N–H and O–H groups in total. The van der Waals surface area contributed by atoms with Crippen LogP contribution < -0.4 is 10.6 Å². The van der Waals surface area contributed by atoms with E-state index in [0.717, 1.165) is 25.1 Å². The van der Waals surface area contributed by atoms with Gasteiger partial charge in [0, 0.05) is 19.0 Å². The lowest BCUT2D eigenvalue weighted by atomic mass is 10.2. The van der Waals surface area contributed by atoms with E-state index in [0.29, 0.717) is 25.7 Å². The predicted molar refractivity (Wildman–Crippen MR) is 77.4 cm³/mol. The lowest BCUT2D eigenvalue weighted by Crippen LogP contribution is -2.36. The quantitative estimate of drug-likeness (QED) is 0.778. The summed E-state index contributed by atoms with van der Waals surface area (Å²) in [5, 5.41) is 6.22. The zero-order valence-electron chi connectivity index (χ0n) is 10.9. The maximum Gasteiger partial charge on any atom is 0.222 e. The summed E-state index contributed by atoms with van der Waals surface area (Å²) < 4.78 is 5.48. The van der Waals surface area contributed by atoms with Crippen molar-refractivity contribution in [2.45, 2.75) is 25.5 Å². The molecule has 1 aromatic rings. The molecule has 0 aliphatic carbocycles. The third-order valence-electron chi connectivity index (χ3n) is 3.01. The van der Waals surface area contributed by atoms with Crippen LogP contribution in [0.2, 0.25) is 0 Å². The SMILES string of the molecule is Cl.O=C(CCOCc1ccccc1)NC1CCNC1. The normalized spacial score (nSPS) is 17.8. The molecule has 0 radical (unpaired) electrons. The van der Waals surface area contributed by atoms with Crippen molar-refractivity contribution in [3.8, 4) is 0 Å². The topological polar surface area (TPSA) is 50.4 Å². The van der Waals surface area contributed by atoms with Gasteiger partial charge in [-0.3, -0.25) is 4.79 Å². The summed E-state index contributed by atoms with van der Waals surface area (Å²) in [4.78, 5) is 11.6. The third kappa shape index (κ3) is 6.05. The lowest BCUT2D eigenvalue weighted by Gasteiger charge is -2.11. The van der Waals surface area contributed by atoms with Crippen LogP contribution in [0.3, 0.4) is 0 Å². The minimum atomic E-state index is 0. The summed E-state index contributed by atoms with van der Waals surface area (Å²) in [6.07, 6.45) is 1.46. The molecule has 1 unspecified atom stereocenters. The maximum atomic E-state index is 11.6. The maximum absolute atomic E-state index is 11.6. The van der Waals surface area contributed by atoms with Gasteiger partial charge in [-0.15, -0.1) is 12.4 Å². The Kier molecular flexibility index (Phi) is 7.48. The van der Waals surface area contributed by atoms with Crippen molar-refractivity contribution in [3.63, 3.8) is 0 Å². The van der Waals surface area contributed by atoms with Crippen LogP contribution >= 0.6 is 12.4 Å². The summed E-state index contributed by atoms with van der Waals surface area (Å²) >= 11 is 0. The fraction of sp³-hybridized carbons (Fsp3) is 0.500. The van der Waals surface area contributed by atoms with Gasteiger partial charge in [0.1, 0.15) is 0 Å². The minimum absolute atomic E-state index is 0. The van der Waals surface area contributed by atoms with Crippen LogP contribution in [0, 0.1) is 0 Å². The van der Waals surface area contributed by atoms with Crippen molar-refractivity contribution in [2.24, 2.45) is 0 Å². The number of hydrogen-bond donors (Lipinski definition) is 2. The number of rotatable bonds is 6. The first kappa shape index (κ1) is 16.0. The van der Waals surface area contributed by atoms with E-state index in [1.54, 1.807) is 0 Å². The fourth-order valence-corrected chi connectivity index (χ4v) is 2.01. The van der Waals surface area contributed by atoms with Crippen LogP contribution in [-0.4, -0.2) is 31.6 Å². The molecule has 1 aliphatic heterocycles. The number of halogens is 1. The molecule has 0 aromatic heterocycles. The number of nitrogens with one attached hydrogen (secondary N) is 2. The van der Waals surface area contributed by atoms with Gasteiger partial charge in [0.25, 0.3) is 0 Å². The Morgan fingerprint density at radius 3 is 2.84 bits per heavy atom. The Hall–Kier alpha value is -1.10. The van der Waals surface area contributed by atoms with Crippen molar-refractivity contribution < 1.29 is 9.53 Å². The first-order chi connectivity index (χ1) is 8.84. The van der Waals surface area contributed by atoms with E-state index >= 15 is 0 Å². The monoisotopic (exact) mass is 284 g/mol. The Bertz CT molecular complexity index is 367. The van der Waals surface area contributed by atoms with Gasteiger partial charge >= 0.3 is 0 Å². The summed E-state index contributed by atoms with van der Waals surface area (Å²) in [6, 6.07) is 10.3. The fourth-order valence-electron chi connectivity index (χ4n) is 2.01. The largest absolute Gasteiger partial charge is 0.376 e. The summed E-state index contributed by atoms with van der Waals surface area (Å²) in [5.41, 5.74) is 1.14. The molecular weight excluding hydrogens is 264 g/mol. The highest BCUT2D eigenvalue weighted by atomic mass is 35.5. The van der Waals surface area contributed by atoms with Crippen LogP contribution in [-0.2, 0) is 16.1 Å². The molecule has 0 bridgehead atoms. The zero-order chi connectivity index (χ0) is 12.6. The number of carbonyl (C=O) groups is 1. The highest BCUT2D eigenvalue weighted by molar-refractivity contribution is 5.85. The Balaban J connectivity index is 0.00000180. The van der Waals surface area contributed by atoms with Crippen molar-refractivity contribution in [3.05, 3.63) is 35.9 Å². The Morgan fingerprint density at radius 1 is 1.37 bits per heavy atom. The van der Waals surface area contributed by atoms with E-state index in [9.17, 15) is 4.79 Å². The number of hydrogen-bond acceptors (Lipinski definition) is 3. The molecule has 1 heterocycles. The van der Waals surface area contributed by atoms with Crippen LogP contribution in [0.5, 0.6) is 0 Å². The highest BCUT2D eigenvalue weighted by Gasteiger charge is 2.15. The molecule has 1 aliphatic rings. The molecule has 19 heavy (non-hydrogen) atoms. The van der Waals surface area contributed by atoms with Crippen molar-refractivity contribution in [1.29, 1.82) is 0 Å². The number of amides is 1. The van der Waals surface area contributed by atoms with E-state index in [4.69, 9.17) is 4.74 Å². The van der Waals surface area contributed by atoms with E-state index < -0.39 is 0 Å². The Labute approximate surface area is 120 Å². The average molecular weight is 285 g/mol. The zero-order valence-corrected chi connectivity index (χ0v) is 11.7. The smallest absolute Gasteiger partial charge is 0.222 e. The average Bonchev–Trinajstić information content (AvgIpc) is 2.89. The highest BCUT2D eigenvalue weighted by Crippen LogP contribution is 2.01. The van der Waals surface area contributed by atoms with E-state index in [2.05, 4.69) is 10.6 Å². The molecule has 1 fully saturated rings. The molecule has 1 saturated heterocycles. The second-order valence-corrected chi connectivity index (χ2v) is 4.55. The standard InChI is InChI=1S/C14H20N2O2.ClH/c17-14(16-13-6-8-15-10-13)7-9-18-11-12-4-2-1-3-5-12;/h1-5,13,15H,6-11H2,(H,16,17);1H. The molecule has 2 rings (SSSR count). The van der Waals surface area contributed by atoms with Gasteiger partial charge in [-0.25, -0.2) is 0 Å². The third-order valence-corrected chi connectivity index (χ3v) is 3.01. The van der Waals surface area contributed by atoms with Crippen molar-refractivity contribution in [1.82, 2.24) is 10.6 Å². The van der Waals surface area contributed by atoms with Crippen LogP contribution in [0.4, 0.5) is 0 Å². The number of carbonyl (C=O) groups excluding carboxylic acids is 1. The van der Waals surface area contributed by atoms with Gasteiger partial charge in [-0.05, 0) is 18.5 Å². The van der Waals surface area contributed by atoms with Gasteiger partial charge in [0.15, 0.2) is 0 Å². The molecular formula is C14H21ClN2O2. The van der Waals surface area contributed by atoms with Gasteiger partial charge < -0.3 is 15.4 Å². The van der Waals surface area contributed by atoms with E-state index in [-0.39, 0.29) is 18.3 Å². The molecule has 0 saturated carbocycles. The van der Waals surface area contributed by atoms with Crippen LogP contribution in [0.1, 0.15) is 18.4 Å². The summed E-state index contributed by atoms with van der Waals surface area (Å²) in [5.74, 6) is 0.0803. The first-order valence-corrected chi connectivity index (χ1v) is 6.46. The molecule has 106 valence electrons. The summed E-state index contributed by atoms with van der Waals surface area (Å²) in [7, 11) is 0. The van der Waals surface area contributed by atoms with Crippen molar-refractivity contribution in [2.75, 3.05) is 19.7 Å². The minimum Gasteiger partial charge on any atom is -0.376 e. The molecule has 0 spiro atoms. The van der Waals surface area contributed by atoms with Gasteiger partial charge in [0.2, 0.25) is 5.91 Å². The van der Waals surface area contributed by atoms with Crippen LogP contribution in [0.15, 0.2) is 30.3 Å². The molecule has 4 nitrogen and oxygen atoms in total. The number of ether oxygens (including phenoxy) is 1. The van der Waals surface area contributed by atoms with Gasteiger partial charge in [-0.2, -0.15) is 0 Å². The van der Waals surface area contributed by atoms with Gasteiger partial charge in [0.05, 0.1) is 13.2 Å². The predicted octanol–water partition coefficient (Wildman–Crippen LogP) is 1.49. The van der Waals surface area contributed by atoms with Crippen LogP contribution in [0.25, 0.3) is 0 Å². The molecule has 1 amide bonds. The second kappa shape index (κ2) is 8.91. The molecule has 1 aromatic carbocycles. The first-order valence-electron chi connectivity index (χ1n) is 6.46. The lowest BCUT2D eigenvalue weighted by molar-refractivity contribution is -0.122. The summed E-state index contributed by atoms with van der Waals surface area (Å²) in [6.45, 7) is 2.92. The van der Waals surface area contributed by atoms with E-state index in [1.165, 1.54) is 0 Å². The Morgan fingerprint density at radius 2 is 2.16 bits per heavy atom. The number of benzene rings is 1. The van der Waals surface area contributed by atoms with Gasteiger partial charge in [-0.1, -0.05) is 30.3 Å². The molecule has 5 heteroatoms. The molecule has 1 atom stereocenters. The second-order valence-electron chi connectivity index (χ2n) is 4.55. The van der Waals surface area contributed by atoms with E-state index in [1.807, 2.05) is 30.3 Å². The van der Waals surface area contributed by atoms with Crippen molar-refractivity contribution >= 4 is 18.3 Å².